The van der Waals surface area contributed by atoms with E-state index in [0.717, 1.165) is 42.1 Å². The van der Waals surface area contributed by atoms with Crippen LogP contribution >= 0.6 is 0 Å². The summed E-state index contributed by atoms with van der Waals surface area (Å²) in [5.41, 5.74) is 9.83. The molecular weight excluding hydrogens is 228 g/mol. The van der Waals surface area contributed by atoms with Crippen LogP contribution in [0.25, 0.3) is 0 Å². The van der Waals surface area contributed by atoms with Crippen LogP contribution in [0, 0.1) is 0 Å². The molecule has 0 radical (unpaired) electrons. The Kier molecular flexibility index (Phi) is 3.72. The number of carbonyl (C=O) groups excluding carboxylic acids is 1. The maximum atomic E-state index is 11.4. The number of amides is 1. The van der Waals surface area contributed by atoms with Crippen molar-refractivity contribution in [3.05, 3.63) is 17.7 Å². The fraction of sp³-hybridized carbons (Fsp3) is 0.462. The van der Waals surface area contributed by atoms with Crippen molar-refractivity contribution < 1.29 is 4.79 Å². The number of benzene rings is 1. The van der Waals surface area contributed by atoms with E-state index in [9.17, 15) is 4.79 Å². The Hall–Kier alpha value is -1.75. The molecule has 5 nitrogen and oxygen atoms in total. The van der Waals surface area contributed by atoms with E-state index in [-0.39, 0.29) is 5.91 Å². The highest BCUT2D eigenvalue weighted by Gasteiger charge is 2.17. The highest BCUT2D eigenvalue weighted by molar-refractivity contribution is 5.95. The van der Waals surface area contributed by atoms with E-state index in [2.05, 4.69) is 15.5 Å². The molecule has 0 saturated carbocycles. The fourth-order valence-corrected chi connectivity index (χ4v) is 2.17. The second-order valence-electron chi connectivity index (χ2n) is 4.64. The lowest BCUT2D eigenvalue weighted by Gasteiger charge is -2.25. The molecule has 0 aromatic heterocycles. The highest BCUT2D eigenvalue weighted by atomic mass is 16.1. The van der Waals surface area contributed by atoms with Crippen LogP contribution in [0.5, 0.6) is 0 Å². The minimum absolute atomic E-state index is 0.0797. The first-order valence-corrected chi connectivity index (χ1v) is 6.20. The fourth-order valence-electron chi connectivity index (χ4n) is 2.17. The van der Waals surface area contributed by atoms with Gasteiger partial charge in [0.25, 0.3) is 0 Å². The summed E-state index contributed by atoms with van der Waals surface area (Å²) in [4.78, 5) is 13.5. The Bertz CT molecular complexity index is 459. The van der Waals surface area contributed by atoms with Crippen molar-refractivity contribution in [3.8, 4) is 0 Å². The van der Waals surface area contributed by atoms with Crippen LogP contribution in [0.2, 0.25) is 0 Å². The summed E-state index contributed by atoms with van der Waals surface area (Å²) in [5, 5.41) is 6.01. The van der Waals surface area contributed by atoms with Crippen molar-refractivity contribution in [1.82, 2.24) is 5.32 Å². The molecule has 5 heteroatoms. The average molecular weight is 248 g/mol. The third-order valence-electron chi connectivity index (χ3n) is 3.26. The van der Waals surface area contributed by atoms with Crippen molar-refractivity contribution in [2.75, 3.05) is 43.1 Å². The van der Waals surface area contributed by atoms with Crippen molar-refractivity contribution in [3.63, 3.8) is 0 Å². The number of nitrogen functional groups attached to an aromatic ring is 1. The molecule has 1 aromatic rings. The third-order valence-corrected chi connectivity index (χ3v) is 3.26. The van der Waals surface area contributed by atoms with E-state index >= 15 is 0 Å². The molecule has 18 heavy (non-hydrogen) atoms. The van der Waals surface area contributed by atoms with E-state index in [1.807, 2.05) is 26.2 Å². The smallest absolute Gasteiger partial charge is 0.224 e. The van der Waals surface area contributed by atoms with Gasteiger partial charge >= 0.3 is 0 Å². The van der Waals surface area contributed by atoms with E-state index in [1.165, 1.54) is 0 Å². The molecule has 1 aromatic carbocycles. The van der Waals surface area contributed by atoms with Crippen LogP contribution < -0.4 is 21.3 Å². The lowest BCUT2D eigenvalue weighted by molar-refractivity contribution is -0.116. The molecule has 1 aliphatic heterocycles. The van der Waals surface area contributed by atoms with Gasteiger partial charge in [0.05, 0.1) is 11.4 Å². The monoisotopic (exact) mass is 248 g/mol. The third kappa shape index (κ3) is 2.56. The molecule has 0 fully saturated rings. The maximum absolute atomic E-state index is 11.4. The predicted molar refractivity (Wildman–Crippen MR) is 75.0 cm³/mol. The van der Waals surface area contributed by atoms with E-state index in [1.54, 1.807) is 0 Å². The van der Waals surface area contributed by atoms with E-state index in [0.29, 0.717) is 6.42 Å². The second kappa shape index (κ2) is 5.27. The van der Waals surface area contributed by atoms with Gasteiger partial charge in [0.2, 0.25) is 5.91 Å². The highest BCUT2D eigenvalue weighted by Crippen LogP contribution is 2.32. The number of hydrogen-bond acceptors (Lipinski definition) is 4. The number of anilines is 3. The summed E-state index contributed by atoms with van der Waals surface area (Å²) < 4.78 is 0. The number of rotatable bonds is 4. The topological polar surface area (TPSA) is 70.4 Å². The van der Waals surface area contributed by atoms with Gasteiger partial charge in [0.1, 0.15) is 0 Å². The maximum Gasteiger partial charge on any atom is 0.224 e. The predicted octanol–water partition coefficient (Wildman–Crippen LogP) is 0.809. The number of hydrogen-bond donors (Lipinski definition) is 3. The van der Waals surface area contributed by atoms with Gasteiger partial charge in [0.15, 0.2) is 0 Å². The number of likely N-dealkylation sites (N-methyl/N-ethyl adjacent to an activating group) is 2. The molecular formula is C13H20N4O. The summed E-state index contributed by atoms with van der Waals surface area (Å²) in [5.74, 6) is 0.0797. The molecule has 0 saturated heterocycles. The molecule has 0 aliphatic carbocycles. The Labute approximate surface area is 107 Å². The molecule has 2 rings (SSSR count). The van der Waals surface area contributed by atoms with Crippen molar-refractivity contribution in [2.45, 2.75) is 12.8 Å². The largest absolute Gasteiger partial charge is 0.397 e. The number of aryl methyl sites for hydroxylation is 1. The summed E-state index contributed by atoms with van der Waals surface area (Å²) in [6, 6.07) is 3.94. The minimum atomic E-state index is 0.0797. The zero-order valence-corrected chi connectivity index (χ0v) is 10.9. The molecule has 0 bridgehead atoms. The minimum Gasteiger partial charge on any atom is -0.397 e. The SMILES string of the molecule is CNCCN(C)c1cc2c(cc1N)CCC(=O)N2. The first-order chi connectivity index (χ1) is 8.61. The van der Waals surface area contributed by atoms with Crippen LogP contribution in [-0.2, 0) is 11.2 Å². The van der Waals surface area contributed by atoms with Crippen molar-refractivity contribution in [2.24, 2.45) is 0 Å². The summed E-state index contributed by atoms with van der Waals surface area (Å²) in [7, 11) is 3.92. The van der Waals surface area contributed by atoms with Gasteiger partial charge in [0, 0.05) is 32.2 Å². The Morgan fingerprint density at radius 3 is 2.94 bits per heavy atom. The van der Waals surface area contributed by atoms with Gasteiger partial charge in [-0.25, -0.2) is 0 Å². The quantitative estimate of drug-likeness (QED) is 0.690. The standard InChI is InChI=1S/C13H20N4O/c1-15-5-6-17(2)12-8-11-9(7-10(12)14)3-4-13(18)16-11/h7-8,15H,3-6,14H2,1-2H3,(H,16,18). The van der Waals surface area contributed by atoms with Gasteiger partial charge in [-0.15, -0.1) is 0 Å². The molecule has 0 unspecified atom stereocenters. The number of nitrogens with zero attached hydrogens (tertiary/aromatic N) is 1. The molecule has 0 atom stereocenters. The lowest BCUT2D eigenvalue weighted by atomic mass is 10.0. The normalized spacial score (nSPS) is 14.0. The van der Waals surface area contributed by atoms with Crippen LogP contribution in [0.15, 0.2) is 12.1 Å². The Balaban J connectivity index is 2.26. The second-order valence-corrected chi connectivity index (χ2v) is 4.64. The van der Waals surface area contributed by atoms with Crippen LogP contribution in [0.3, 0.4) is 0 Å². The lowest BCUT2D eigenvalue weighted by Crippen LogP contribution is -2.28. The molecule has 1 amide bonds. The van der Waals surface area contributed by atoms with Gasteiger partial charge in [-0.3, -0.25) is 4.79 Å². The number of fused-ring (bicyclic) bond motifs is 1. The van der Waals surface area contributed by atoms with Gasteiger partial charge < -0.3 is 21.3 Å². The zero-order chi connectivity index (χ0) is 13.1. The Morgan fingerprint density at radius 2 is 2.22 bits per heavy atom. The summed E-state index contributed by atoms with van der Waals surface area (Å²) >= 11 is 0. The number of carbonyl (C=O) groups is 1. The van der Waals surface area contributed by atoms with Gasteiger partial charge in [-0.2, -0.15) is 0 Å². The van der Waals surface area contributed by atoms with Gasteiger partial charge in [-0.05, 0) is 31.2 Å². The molecule has 4 N–H and O–H groups in total. The molecule has 0 spiro atoms. The van der Waals surface area contributed by atoms with Crippen molar-refractivity contribution in [1.29, 1.82) is 0 Å². The first kappa shape index (κ1) is 12.7. The molecule has 1 aliphatic rings. The zero-order valence-electron chi connectivity index (χ0n) is 10.9. The van der Waals surface area contributed by atoms with E-state index < -0.39 is 0 Å². The number of nitrogens with two attached hydrogens (primary N) is 1. The van der Waals surface area contributed by atoms with E-state index in [4.69, 9.17) is 5.73 Å². The first-order valence-electron chi connectivity index (χ1n) is 6.20. The Morgan fingerprint density at radius 1 is 1.44 bits per heavy atom. The summed E-state index contributed by atoms with van der Waals surface area (Å²) in [6.45, 7) is 1.76. The van der Waals surface area contributed by atoms with Crippen LogP contribution in [0.4, 0.5) is 17.1 Å². The van der Waals surface area contributed by atoms with Crippen molar-refractivity contribution >= 4 is 23.0 Å². The van der Waals surface area contributed by atoms with Gasteiger partial charge in [-0.1, -0.05) is 0 Å². The molecule has 1 heterocycles. The summed E-state index contributed by atoms with van der Waals surface area (Å²) in [6.07, 6.45) is 1.31. The molecule has 98 valence electrons. The average Bonchev–Trinajstić information content (AvgIpc) is 2.35. The van der Waals surface area contributed by atoms with Crippen LogP contribution in [-0.4, -0.2) is 33.1 Å². The number of nitrogens with one attached hydrogen (secondary N) is 2. The van der Waals surface area contributed by atoms with Crippen LogP contribution in [0.1, 0.15) is 12.0 Å².